The normalized spacial score (nSPS) is 9.94. The maximum Gasteiger partial charge on any atom is 0.314 e. The van der Waals surface area contributed by atoms with Crippen LogP contribution < -0.4 is 10.6 Å². The lowest BCUT2D eigenvalue weighted by Gasteiger charge is -2.07. The third-order valence-electron chi connectivity index (χ3n) is 1.78. The molecule has 1 rings (SSSR count). The maximum absolute atomic E-state index is 11.4. The molecule has 2 amide bonds. The van der Waals surface area contributed by atoms with Crippen LogP contribution in [-0.2, 0) is 9.59 Å². The van der Waals surface area contributed by atoms with Crippen LogP contribution in [0.15, 0.2) is 24.4 Å². The summed E-state index contributed by atoms with van der Waals surface area (Å²) in [5.74, 6) is -0.655. The van der Waals surface area contributed by atoms with E-state index in [9.17, 15) is 9.59 Å². The average Bonchev–Trinajstić information content (AvgIpc) is 2.27. The second kappa shape index (κ2) is 5.85. The van der Waals surface area contributed by atoms with E-state index in [4.69, 9.17) is 0 Å². The second-order valence-electron chi connectivity index (χ2n) is 3.77. The van der Waals surface area contributed by atoms with Crippen molar-refractivity contribution >= 4 is 17.6 Å². The van der Waals surface area contributed by atoms with Crippen molar-refractivity contribution in [3.05, 3.63) is 24.4 Å². The summed E-state index contributed by atoms with van der Waals surface area (Å²) < 4.78 is 0. The zero-order chi connectivity index (χ0) is 12.0. The molecule has 1 aromatic rings. The number of nitrogens with one attached hydrogen (secondary N) is 2. The molecule has 5 heteroatoms. The molecule has 0 aliphatic carbocycles. The largest absolute Gasteiger partial charge is 0.348 e. The topological polar surface area (TPSA) is 71.1 Å². The maximum atomic E-state index is 11.4. The van der Waals surface area contributed by atoms with Crippen molar-refractivity contribution in [2.75, 3.05) is 11.9 Å². The van der Waals surface area contributed by atoms with E-state index in [1.54, 1.807) is 24.4 Å². The molecule has 0 fully saturated rings. The summed E-state index contributed by atoms with van der Waals surface area (Å²) in [7, 11) is 0. The van der Waals surface area contributed by atoms with Gasteiger partial charge in [-0.25, -0.2) is 4.98 Å². The first kappa shape index (κ1) is 12.2. The Hall–Kier alpha value is -1.91. The molecule has 0 aromatic carbocycles. The molecule has 0 aliphatic heterocycles. The predicted octanol–water partition coefficient (Wildman–Crippen LogP) is 0.792. The Bertz CT molecular complexity index is 363. The fourth-order valence-corrected chi connectivity index (χ4v) is 0.987. The standard InChI is InChI=1S/C11H15N3O2/c1-8(2)7-13-10(15)11(16)14-9-5-3-4-6-12-9/h3-6,8H,7H2,1-2H3,(H,13,15)(H,12,14,16). The molecule has 1 aromatic heterocycles. The van der Waals surface area contributed by atoms with Gasteiger partial charge in [0.2, 0.25) is 0 Å². The highest BCUT2D eigenvalue weighted by Crippen LogP contribution is 1.99. The molecule has 0 bridgehead atoms. The Labute approximate surface area is 94.3 Å². The number of carbonyl (C=O) groups is 2. The second-order valence-corrected chi connectivity index (χ2v) is 3.77. The third-order valence-corrected chi connectivity index (χ3v) is 1.78. The molecule has 0 saturated carbocycles. The number of hydrogen-bond acceptors (Lipinski definition) is 3. The monoisotopic (exact) mass is 221 g/mol. The SMILES string of the molecule is CC(C)CNC(=O)C(=O)Nc1ccccn1. The van der Waals surface area contributed by atoms with Gasteiger partial charge in [-0.2, -0.15) is 0 Å². The minimum Gasteiger partial charge on any atom is -0.348 e. The molecule has 0 spiro atoms. The Balaban J connectivity index is 2.44. The summed E-state index contributed by atoms with van der Waals surface area (Å²) in [6.07, 6.45) is 1.54. The van der Waals surface area contributed by atoms with E-state index in [-0.39, 0.29) is 0 Å². The third kappa shape index (κ3) is 4.08. The number of anilines is 1. The van der Waals surface area contributed by atoms with Crippen molar-refractivity contribution in [1.82, 2.24) is 10.3 Å². The van der Waals surface area contributed by atoms with Crippen LogP contribution in [0.3, 0.4) is 0 Å². The summed E-state index contributed by atoms with van der Waals surface area (Å²) in [4.78, 5) is 26.5. The van der Waals surface area contributed by atoms with Crippen molar-refractivity contribution in [2.45, 2.75) is 13.8 Å². The van der Waals surface area contributed by atoms with Gasteiger partial charge in [-0.15, -0.1) is 0 Å². The molecule has 1 heterocycles. The summed E-state index contributed by atoms with van der Waals surface area (Å²) in [5.41, 5.74) is 0. The van der Waals surface area contributed by atoms with Crippen molar-refractivity contribution in [3.63, 3.8) is 0 Å². The summed E-state index contributed by atoms with van der Waals surface area (Å²) in [6, 6.07) is 5.08. The number of carbonyl (C=O) groups excluding carboxylic acids is 2. The fourth-order valence-electron chi connectivity index (χ4n) is 0.987. The molecule has 0 aliphatic rings. The van der Waals surface area contributed by atoms with Crippen molar-refractivity contribution < 1.29 is 9.59 Å². The Morgan fingerprint density at radius 3 is 2.62 bits per heavy atom. The lowest BCUT2D eigenvalue weighted by Crippen LogP contribution is -2.37. The van der Waals surface area contributed by atoms with E-state index < -0.39 is 11.8 Å². The van der Waals surface area contributed by atoms with Crippen LogP contribution in [-0.4, -0.2) is 23.3 Å². The van der Waals surface area contributed by atoms with E-state index >= 15 is 0 Å². The van der Waals surface area contributed by atoms with Crippen molar-refractivity contribution in [2.24, 2.45) is 5.92 Å². The van der Waals surface area contributed by atoms with Crippen LogP contribution >= 0.6 is 0 Å². The van der Waals surface area contributed by atoms with Crippen LogP contribution in [0.25, 0.3) is 0 Å². The van der Waals surface area contributed by atoms with Gasteiger partial charge in [-0.05, 0) is 18.1 Å². The van der Waals surface area contributed by atoms with Gasteiger partial charge in [-0.3, -0.25) is 9.59 Å². The first-order chi connectivity index (χ1) is 7.59. The van der Waals surface area contributed by atoms with Crippen molar-refractivity contribution in [3.8, 4) is 0 Å². The van der Waals surface area contributed by atoms with E-state index in [1.165, 1.54) is 0 Å². The first-order valence-corrected chi connectivity index (χ1v) is 5.10. The Morgan fingerprint density at radius 2 is 2.06 bits per heavy atom. The highest BCUT2D eigenvalue weighted by Gasteiger charge is 2.13. The highest BCUT2D eigenvalue weighted by molar-refractivity contribution is 6.39. The summed E-state index contributed by atoms with van der Waals surface area (Å²) in [5, 5.41) is 4.93. The zero-order valence-electron chi connectivity index (χ0n) is 9.36. The van der Waals surface area contributed by atoms with Gasteiger partial charge in [-0.1, -0.05) is 19.9 Å². The lowest BCUT2D eigenvalue weighted by molar-refractivity contribution is -0.136. The van der Waals surface area contributed by atoms with Crippen LogP contribution in [0.1, 0.15) is 13.8 Å². The Kier molecular flexibility index (Phi) is 4.44. The van der Waals surface area contributed by atoms with Gasteiger partial charge in [0, 0.05) is 12.7 Å². The molecule has 0 radical (unpaired) electrons. The number of hydrogen-bond donors (Lipinski definition) is 2. The van der Waals surface area contributed by atoms with Gasteiger partial charge in [0.05, 0.1) is 0 Å². The molecule has 5 nitrogen and oxygen atoms in total. The van der Waals surface area contributed by atoms with Gasteiger partial charge < -0.3 is 10.6 Å². The minimum absolute atomic E-state index is 0.312. The molecular formula is C11H15N3O2. The fraction of sp³-hybridized carbons (Fsp3) is 0.364. The van der Waals surface area contributed by atoms with E-state index in [0.717, 1.165) is 0 Å². The molecule has 2 N–H and O–H groups in total. The lowest BCUT2D eigenvalue weighted by atomic mass is 10.2. The highest BCUT2D eigenvalue weighted by atomic mass is 16.2. The van der Waals surface area contributed by atoms with Crippen molar-refractivity contribution in [1.29, 1.82) is 0 Å². The number of pyridine rings is 1. The molecule has 0 saturated heterocycles. The van der Waals surface area contributed by atoms with Crippen LogP contribution in [0.4, 0.5) is 5.82 Å². The molecule has 0 unspecified atom stereocenters. The number of amides is 2. The van der Waals surface area contributed by atoms with E-state index in [2.05, 4.69) is 15.6 Å². The smallest absolute Gasteiger partial charge is 0.314 e. The van der Waals surface area contributed by atoms with E-state index in [1.807, 2.05) is 13.8 Å². The summed E-state index contributed by atoms with van der Waals surface area (Å²) >= 11 is 0. The van der Waals surface area contributed by atoms with Crippen LogP contribution in [0.5, 0.6) is 0 Å². The molecule has 86 valence electrons. The van der Waals surface area contributed by atoms with Gasteiger partial charge >= 0.3 is 11.8 Å². The quantitative estimate of drug-likeness (QED) is 0.741. The number of nitrogens with zero attached hydrogens (tertiary/aromatic N) is 1. The average molecular weight is 221 g/mol. The first-order valence-electron chi connectivity index (χ1n) is 5.10. The zero-order valence-corrected chi connectivity index (χ0v) is 9.36. The molecule has 0 atom stereocenters. The molecular weight excluding hydrogens is 206 g/mol. The molecule has 16 heavy (non-hydrogen) atoms. The minimum atomic E-state index is -0.695. The van der Waals surface area contributed by atoms with Gasteiger partial charge in [0.15, 0.2) is 0 Å². The predicted molar refractivity (Wildman–Crippen MR) is 60.7 cm³/mol. The number of aromatic nitrogens is 1. The summed E-state index contributed by atoms with van der Waals surface area (Å²) in [6.45, 7) is 4.39. The number of rotatable bonds is 3. The van der Waals surface area contributed by atoms with Gasteiger partial charge in [0.1, 0.15) is 5.82 Å². The van der Waals surface area contributed by atoms with E-state index in [0.29, 0.717) is 18.3 Å². The van der Waals surface area contributed by atoms with Crippen LogP contribution in [0, 0.1) is 5.92 Å². The van der Waals surface area contributed by atoms with Crippen LogP contribution in [0.2, 0.25) is 0 Å². The van der Waals surface area contributed by atoms with Gasteiger partial charge in [0.25, 0.3) is 0 Å². The Morgan fingerprint density at radius 1 is 1.31 bits per heavy atom.